The highest BCUT2D eigenvalue weighted by molar-refractivity contribution is 5.93. The van der Waals surface area contributed by atoms with E-state index in [1.54, 1.807) is 7.05 Å². The molecule has 2 aliphatic rings. The van der Waals surface area contributed by atoms with E-state index in [0.29, 0.717) is 0 Å². The molecular weight excluding hydrogens is 226 g/mol. The van der Waals surface area contributed by atoms with Gasteiger partial charge < -0.3 is 10.6 Å². The molecule has 0 aromatic carbocycles. The van der Waals surface area contributed by atoms with Crippen LogP contribution >= 0.6 is 0 Å². The molecule has 0 saturated carbocycles. The Labute approximate surface area is 108 Å². The van der Waals surface area contributed by atoms with Gasteiger partial charge in [0.15, 0.2) is 0 Å². The highest BCUT2D eigenvalue weighted by Crippen LogP contribution is 2.38. The monoisotopic (exact) mass is 245 g/mol. The van der Waals surface area contributed by atoms with E-state index in [1.165, 1.54) is 0 Å². The van der Waals surface area contributed by atoms with Gasteiger partial charge in [0.05, 0.1) is 11.3 Å². The van der Waals surface area contributed by atoms with Gasteiger partial charge in [-0.15, -0.1) is 0 Å². The molecular formula is C14H19N3O. The number of nitrogens with zero attached hydrogens (tertiary/aromatic N) is 1. The number of nitrogens with one attached hydrogen (secondary N) is 2. The SMILES string of the molecule is CN=C(C)NC1=CC=C2C(=CC1)NC(=O)C2(C)C. The van der Waals surface area contributed by atoms with Crippen LogP contribution in [0.5, 0.6) is 0 Å². The largest absolute Gasteiger partial charge is 0.348 e. The fraction of sp³-hybridized carbons (Fsp3) is 0.429. The number of aliphatic imine (C=N–C) groups is 1. The molecule has 1 amide bonds. The number of carbonyl (C=O) groups is 1. The summed E-state index contributed by atoms with van der Waals surface area (Å²) in [5.41, 5.74) is 2.61. The second-order valence-electron chi connectivity index (χ2n) is 5.11. The lowest BCUT2D eigenvalue weighted by Gasteiger charge is -2.14. The fourth-order valence-electron chi connectivity index (χ4n) is 2.11. The first-order chi connectivity index (χ1) is 8.45. The van der Waals surface area contributed by atoms with Gasteiger partial charge in [-0.1, -0.05) is 12.2 Å². The molecule has 1 aliphatic carbocycles. The smallest absolute Gasteiger partial charge is 0.234 e. The Morgan fingerprint density at radius 1 is 1.44 bits per heavy atom. The number of amides is 1. The molecule has 2 rings (SSSR count). The third kappa shape index (κ3) is 2.10. The summed E-state index contributed by atoms with van der Waals surface area (Å²) in [6.45, 7) is 5.82. The summed E-state index contributed by atoms with van der Waals surface area (Å²) < 4.78 is 0. The van der Waals surface area contributed by atoms with Gasteiger partial charge in [-0.2, -0.15) is 0 Å². The van der Waals surface area contributed by atoms with E-state index in [-0.39, 0.29) is 5.91 Å². The summed E-state index contributed by atoms with van der Waals surface area (Å²) in [5, 5.41) is 6.18. The highest BCUT2D eigenvalue weighted by Gasteiger charge is 2.40. The molecule has 0 spiro atoms. The number of rotatable bonds is 1. The zero-order chi connectivity index (χ0) is 13.3. The molecule has 0 bridgehead atoms. The molecule has 1 saturated heterocycles. The number of carbonyl (C=O) groups excluding carboxylic acids is 1. The molecule has 1 heterocycles. The Balaban J connectivity index is 2.30. The van der Waals surface area contributed by atoms with Crippen molar-refractivity contribution < 1.29 is 4.79 Å². The van der Waals surface area contributed by atoms with Crippen LogP contribution < -0.4 is 10.6 Å². The summed E-state index contributed by atoms with van der Waals surface area (Å²) >= 11 is 0. The number of fused-ring (bicyclic) bond motifs is 1. The fourth-order valence-corrected chi connectivity index (χ4v) is 2.11. The zero-order valence-corrected chi connectivity index (χ0v) is 11.3. The van der Waals surface area contributed by atoms with Crippen LogP contribution in [0.2, 0.25) is 0 Å². The van der Waals surface area contributed by atoms with Crippen LogP contribution in [0, 0.1) is 5.41 Å². The van der Waals surface area contributed by atoms with Crippen molar-refractivity contribution >= 4 is 11.7 Å². The maximum absolute atomic E-state index is 11.8. The Bertz CT molecular complexity index is 507. The van der Waals surface area contributed by atoms with Crippen molar-refractivity contribution in [2.75, 3.05) is 7.05 Å². The van der Waals surface area contributed by atoms with Crippen LogP contribution in [0.15, 0.2) is 40.2 Å². The molecule has 4 heteroatoms. The summed E-state index contributed by atoms with van der Waals surface area (Å²) in [5.74, 6) is 0.949. The molecule has 0 aromatic heterocycles. The molecule has 1 fully saturated rings. The lowest BCUT2D eigenvalue weighted by atomic mass is 9.85. The van der Waals surface area contributed by atoms with Crippen LogP contribution in [0.25, 0.3) is 0 Å². The van der Waals surface area contributed by atoms with E-state index < -0.39 is 5.41 Å². The van der Waals surface area contributed by atoms with E-state index in [0.717, 1.165) is 29.2 Å². The van der Waals surface area contributed by atoms with Crippen LogP contribution in [-0.2, 0) is 4.79 Å². The maximum Gasteiger partial charge on any atom is 0.234 e. The van der Waals surface area contributed by atoms with Gasteiger partial charge >= 0.3 is 0 Å². The van der Waals surface area contributed by atoms with Crippen molar-refractivity contribution in [2.45, 2.75) is 27.2 Å². The summed E-state index contributed by atoms with van der Waals surface area (Å²) in [7, 11) is 1.76. The minimum atomic E-state index is -0.453. The average molecular weight is 245 g/mol. The lowest BCUT2D eigenvalue weighted by Crippen LogP contribution is -2.25. The minimum absolute atomic E-state index is 0.0658. The van der Waals surface area contributed by atoms with Gasteiger partial charge in [-0.3, -0.25) is 9.79 Å². The number of hydrogen-bond acceptors (Lipinski definition) is 2. The quantitative estimate of drug-likeness (QED) is 0.547. The van der Waals surface area contributed by atoms with Crippen LogP contribution in [0.3, 0.4) is 0 Å². The van der Waals surface area contributed by atoms with Crippen molar-refractivity contribution in [1.29, 1.82) is 0 Å². The summed E-state index contributed by atoms with van der Waals surface area (Å²) in [4.78, 5) is 15.9. The Hall–Kier alpha value is -1.84. The van der Waals surface area contributed by atoms with Crippen molar-refractivity contribution in [1.82, 2.24) is 10.6 Å². The molecule has 4 nitrogen and oxygen atoms in total. The van der Waals surface area contributed by atoms with E-state index in [2.05, 4.69) is 15.6 Å². The van der Waals surface area contributed by atoms with E-state index in [1.807, 2.05) is 39.0 Å². The van der Waals surface area contributed by atoms with E-state index in [9.17, 15) is 4.79 Å². The van der Waals surface area contributed by atoms with Crippen molar-refractivity contribution in [3.63, 3.8) is 0 Å². The van der Waals surface area contributed by atoms with Gasteiger partial charge in [0, 0.05) is 24.9 Å². The molecule has 18 heavy (non-hydrogen) atoms. The minimum Gasteiger partial charge on any atom is -0.348 e. The zero-order valence-electron chi connectivity index (χ0n) is 11.3. The second kappa shape index (κ2) is 4.44. The summed E-state index contributed by atoms with van der Waals surface area (Å²) in [6.07, 6.45) is 6.85. The standard InChI is InChI=1S/C14H19N3O/c1-9(15-4)16-10-5-7-11-12(8-6-10)17-13(18)14(11,2)3/h5,7-8H,6H2,1-4H3,(H,15,16)(H,17,18). The van der Waals surface area contributed by atoms with Gasteiger partial charge in [0.2, 0.25) is 5.91 Å². The predicted molar refractivity (Wildman–Crippen MR) is 73.0 cm³/mol. The molecule has 1 aliphatic heterocycles. The third-order valence-electron chi connectivity index (χ3n) is 3.43. The van der Waals surface area contributed by atoms with Crippen LogP contribution in [-0.4, -0.2) is 18.8 Å². The summed E-state index contributed by atoms with van der Waals surface area (Å²) in [6, 6.07) is 0. The first-order valence-electron chi connectivity index (χ1n) is 6.09. The number of hydrogen-bond donors (Lipinski definition) is 2. The highest BCUT2D eigenvalue weighted by atomic mass is 16.2. The van der Waals surface area contributed by atoms with Crippen LogP contribution in [0.1, 0.15) is 27.2 Å². The molecule has 0 radical (unpaired) electrons. The van der Waals surface area contributed by atoms with Crippen molar-refractivity contribution in [3.05, 3.63) is 35.2 Å². The van der Waals surface area contributed by atoms with Crippen molar-refractivity contribution in [2.24, 2.45) is 10.4 Å². The molecule has 0 aromatic rings. The second-order valence-corrected chi connectivity index (χ2v) is 5.11. The van der Waals surface area contributed by atoms with Gasteiger partial charge in [0.25, 0.3) is 0 Å². The Morgan fingerprint density at radius 3 is 2.83 bits per heavy atom. The molecule has 0 unspecified atom stereocenters. The van der Waals surface area contributed by atoms with E-state index in [4.69, 9.17) is 0 Å². The predicted octanol–water partition coefficient (Wildman–Crippen LogP) is 1.88. The first-order valence-corrected chi connectivity index (χ1v) is 6.09. The normalized spacial score (nSPS) is 22.3. The third-order valence-corrected chi connectivity index (χ3v) is 3.43. The van der Waals surface area contributed by atoms with Gasteiger partial charge in [0.1, 0.15) is 0 Å². The number of amidine groups is 1. The van der Waals surface area contributed by atoms with Crippen LogP contribution in [0.4, 0.5) is 0 Å². The lowest BCUT2D eigenvalue weighted by molar-refractivity contribution is -0.124. The van der Waals surface area contributed by atoms with Crippen molar-refractivity contribution in [3.8, 4) is 0 Å². The van der Waals surface area contributed by atoms with Gasteiger partial charge in [-0.05, 0) is 32.4 Å². The molecule has 0 atom stereocenters. The molecule has 96 valence electrons. The Morgan fingerprint density at radius 2 is 2.17 bits per heavy atom. The first kappa shape index (κ1) is 12.6. The topological polar surface area (TPSA) is 53.5 Å². The molecule has 2 N–H and O–H groups in total. The Kier molecular flexibility index (Phi) is 3.11. The average Bonchev–Trinajstić information content (AvgIpc) is 2.48. The number of allylic oxidation sites excluding steroid dienone is 4. The van der Waals surface area contributed by atoms with E-state index >= 15 is 0 Å². The van der Waals surface area contributed by atoms with Gasteiger partial charge in [-0.25, -0.2) is 0 Å². The maximum atomic E-state index is 11.8.